The number of carbonyl (C=O) groups excluding carboxylic acids is 1. The summed E-state index contributed by atoms with van der Waals surface area (Å²) in [4.78, 5) is 18.4. The third kappa shape index (κ3) is 4.20. The molecule has 1 amide bonds. The van der Waals surface area contributed by atoms with E-state index in [4.69, 9.17) is 4.52 Å². The number of hydrogen-bond acceptors (Lipinski definition) is 5. The van der Waals surface area contributed by atoms with Gasteiger partial charge in [-0.05, 0) is 12.0 Å². The molecule has 3 rings (SSSR count). The summed E-state index contributed by atoms with van der Waals surface area (Å²) in [5.74, 6) is 1.81. The first-order valence-electron chi connectivity index (χ1n) is 8.49. The molecule has 128 valence electrons. The van der Waals surface area contributed by atoms with Crippen LogP contribution in [-0.2, 0) is 17.9 Å². The monoisotopic (exact) mass is 328 g/mol. The largest absolute Gasteiger partial charge is 0.338 e. The van der Waals surface area contributed by atoms with Crippen LogP contribution in [0.3, 0.4) is 0 Å². The molecule has 0 saturated carbocycles. The third-order valence-electron chi connectivity index (χ3n) is 4.26. The maximum absolute atomic E-state index is 12.2. The van der Waals surface area contributed by atoms with E-state index in [0.717, 1.165) is 17.8 Å². The predicted molar refractivity (Wildman–Crippen MR) is 90.1 cm³/mol. The van der Waals surface area contributed by atoms with Crippen molar-refractivity contribution in [3.63, 3.8) is 0 Å². The number of nitrogens with zero attached hydrogens (tertiary/aromatic N) is 3. The Kier molecular flexibility index (Phi) is 5.25. The van der Waals surface area contributed by atoms with E-state index in [2.05, 4.69) is 27.6 Å². The number of nitrogens with one attached hydrogen (secondary N) is 1. The van der Waals surface area contributed by atoms with Gasteiger partial charge in [-0.1, -0.05) is 49.3 Å². The smallest absolute Gasteiger partial charge is 0.240 e. The molecule has 1 N–H and O–H groups in total. The fraction of sp³-hybridized carbons (Fsp3) is 0.500. The van der Waals surface area contributed by atoms with E-state index in [1.807, 2.05) is 36.9 Å². The van der Waals surface area contributed by atoms with Crippen molar-refractivity contribution in [3.05, 3.63) is 47.6 Å². The lowest BCUT2D eigenvalue weighted by Crippen LogP contribution is -2.47. The first kappa shape index (κ1) is 16.6. The van der Waals surface area contributed by atoms with Gasteiger partial charge in [0.2, 0.25) is 11.8 Å². The van der Waals surface area contributed by atoms with Crippen molar-refractivity contribution < 1.29 is 9.32 Å². The molecule has 2 aromatic rings. The molecular formula is C18H24N4O2. The number of piperidine rings is 1. The van der Waals surface area contributed by atoms with Crippen molar-refractivity contribution >= 4 is 5.91 Å². The van der Waals surface area contributed by atoms with Crippen LogP contribution in [0.25, 0.3) is 0 Å². The SMILES string of the molecule is CC(C)c1noc(CN[C@@H]2CCC(=O)N(Cc3ccccc3)C2)n1. The molecule has 0 unspecified atom stereocenters. The lowest BCUT2D eigenvalue weighted by atomic mass is 10.0. The number of amides is 1. The van der Waals surface area contributed by atoms with Crippen LogP contribution in [0.1, 0.15) is 49.9 Å². The molecule has 6 heteroatoms. The van der Waals surface area contributed by atoms with Crippen LogP contribution in [-0.4, -0.2) is 33.5 Å². The maximum atomic E-state index is 12.2. The number of benzene rings is 1. The number of hydrogen-bond donors (Lipinski definition) is 1. The Balaban J connectivity index is 1.53. The van der Waals surface area contributed by atoms with Gasteiger partial charge >= 0.3 is 0 Å². The van der Waals surface area contributed by atoms with Gasteiger partial charge in [0.05, 0.1) is 6.54 Å². The topological polar surface area (TPSA) is 71.3 Å². The average Bonchev–Trinajstić information content (AvgIpc) is 3.06. The molecule has 24 heavy (non-hydrogen) atoms. The minimum atomic E-state index is 0.219. The molecule has 2 heterocycles. The second kappa shape index (κ2) is 7.57. The van der Waals surface area contributed by atoms with Crippen LogP contribution in [0.15, 0.2) is 34.9 Å². The number of likely N-dealkylation sites (tertiary alicyclic amines) is 1. The van der Waals surface area contributed by atoms with Gasteiger partial charge in [-0.25, -0.2) is 0 Å². The minimum absolute atomic E-state index is 0.219. The normalized spacial score (nSPS) is 18.4. The Labute approximate surface area is 142 Å². The second-order valence-corrected chi connectivity index (χ2v) is 6.58. The summed E-state index contributed by atoms with van der Waals surface area (Å²) in [5, 5.41) is 7.41. The molecule has 0 aliphatic carbocycles. The highest BCUT2D eigenvalue weighted by Crippen LogP contribution is 2.16. The van der Waals surface area contributed by atoms with E-state index in [9.17, 15) is 4.79 Å². The van der Waals surface area contributed by atoms with E-state index >= 15 is 0 Å². The van der Waals surface area contributed by atoms with Crippen molar-refractivity contribution in [2.24, 2.45) is 0 Å². The molecule has 0 radical (unpaired) electrons. The molecule has 1 aromatic heterocycles. The summed E-state index contributed by atoms with van der Waals surface area (Å²) in [6, 6.07) is 10.3. The number of rotatable bonds is 6. The van der Waals surface area contributed by atoms with Crippen LogP contribution in [0.4, 0.5) is 0 Å². The van der Waals surface area contributed by atoms with Gasteiger partial charge in [-0.2, -0.15) is 4.98 Å². The first-order valence-corrected chi connectivity index (χ1v) is 8.49. The number of carbonyl (C=O) groups is 1. The molecule has 1 atom stereocenters. The van der Waals surface area contributed by atoms with Gasteiger partial charge in [-0.3, -0.25) is 4.79 Å². The fourth-order valence-corrected chi connectivity index (χ4v) is 2.84. The van der Waals surface area contributed by atoms with Crippen molar-refractivity contribution in [2.75, 3.05) is 6.54 Å². The summed E-state index contributed by atoms with van der Waals surface area (Å²) >= 11 is 0. The van der Waals surface area contributed by atoms with Crippen molar-refractivity contribution in [2.45, 2.75) is 51.7 Å². The van der Waals surface area contributed by atoms with Crippen LogP contribution >= 0.6 is 0 Å². The fourth-order valence-electron chi connectivity index (χ4n) is 2.84. The molecule has 1 aromatic carbocycles. The van der Waals surface area contributed by atoms with Crippen LogP contribution in [0.2, 0.25) is 0 Å². The summed E-state index contributed by atoms with van der Waals surface area (Å²) in [6.07, 6.45) is 1.42. The van der Waals surface area contributed by atoms with E-state index in [0.29, 0.717) is 31.9 Å². The summed E-state index contributed by atoms with van der Waals surface area (Å²) in [7, 11) is 0. The van der Waals surface area contributed by atoms with Gasteiger partial charge in [-0.15, -0.1) is 0 Å². The standard InChI is InChI=1S/C18H24N4O2/c1-13(2)18-20-16(24-21-18)10-19-15-8-9-17(23)22(12-15)11-14-6-4-3-5-7-14/h3-7,13,15,19H,8-12H2,1-2H3/t15-/m1/s1. The lowest BCUT2D eigenvalue weighted by Gasteiger charge is -2.33. The Morgan fingerprint density at radius 3 is 2.83 bits per heavy atom. The molecule has 0 spiro atoms. The quantitative estimate of drug-likeness (QED) is 0.882. The first-order chi connectivity index (χ1) is 11.6. The average molecular weight is 328 g/mol. The highest BCUT2D eigenvalue weighted by atomic mass is 16.5. The van der Waals surface area contributed by atoms with Gasteiger partial charge in [0.25, 0.3) is 0 Å². The maximum Gasteiger partial charge on any atom is 0.240 e. The van der Waals surface area contributed by atoms with E-state index in [-0.39, 0.29) is 17.9 Å². The van der Waals surface area contributed by atoms with Gasteiger partial charge in [0.15, 0.2) is 5.82 Å². The highest BCUT2D eigenvalue weighted by molar-refractivity contribution is 5.77. The zero-order valence-corrected chi connectivity index (χ0v) is 14.2. The lowest BCUT2D eigenvalue weighted by molar-refractivity contribution is -0.134. The third-order valence-corrected chi connectivity index (χ3v) is 4.26. The summed E-state index contributed by atoms with van der Waals surface area (Å²) in [6.45, 7) is 5.99. The van der Waals surface area contributed by atoms with E-state index in [1.54, 1.807) is 0 Å². The van der Waals surface area contributed by atoms with Crippen LogP contribution in [0, 0.1) is 0 Å². The zero-order chi connectivity index (χ0) is 16.9. The van der Waals surface area contributed by atoms with Crippen molar-refractivity contribution in [3.8, 4) is 0 Å². The Morgan fingerprint density at radius 2 is 2.12 bits per heavy atom. The molecule has 6 nitrogen and oxygen atoms in total. The molecule has 0 bridgehead atoms. The summed E-state index contributed by atoms with van der Waals surface area (Å²) < 4.78 is 5.26. The van der Waals surface area contributed by atoms with Gasteiger partial charge < -0.3 is 14.7 Å². The molecule has 1 fully saturated rings. The van der Waals surface area contributed by atoms with Gasteiger partial charge in [0.1, 0.15) is 0 Å². The van der Waals surface area contributed by atoms with E-state index in [1.165, 1.54) is 0 Å². The van der Waals surface area contributed by atoms with Crippen LogP contribution < -0.4 is 5.32 Å². The molecule has 1 aliphatic rings. The Hall–Kier alpha value is -2.21. The number of aromatic nitrogens is 2. The molecule has 1 saturated heterocycles. The van der Waals surface area contributed by atoms with Crippen molar-refractivity contribution in [1.29, 1.82) is 0 Å². The second-order valence-electron chi connectivity index (χ2n) is 6.58. The van der Waals surface area contributed by atoms with Crippen molar-refractivity contribution in [1.82, 2.24) is 20.4 Å². The Morgan fingerprint density at radius 1 is 1.33 bits per heavy atom. The summed E-state index contributed by atoms with van der Waals surface area (Å²) in [5.41, 5.74) is 1.16. The van der Waals surface area contributed by atoms with Gasteiger partial charge in [0, 0.05) is 31.5 Å². The predicted octanol–water partition coefficient (Wildman–Crippen LogP) is 2.47. The highest BCUT2D eigenvalue weighted by Gasteiger charge is 2.25. The van der Waals surface area contributed by atoms with E-state index < -0.39 is 0 Å². The van der Waals surface area contributed by atoms with Crippen LogP contribution in [0.5, 0.6) is 0 Å². The Bertz CT molecular complexity index is 669. The minimum Gasteiger partial charge on any atom is -0.338 e. The zero-order valence-electron chi connectivity index (χ0n) is 14.2. The molecular weight excluding hydrogens is 304 g/mol. The molecule has 1 aliphatic heterocycles.